The maximum Gasteiger partial charge on any atom is 0.326 e. The molecule has 18 heavy (non-hydrogen) atoms. The molecule has 5 nitrogen and oxygen atoms in total. The number of carbonyl (C=O) groups is 2. The minimum atomic E-state index is -0.946. The van der Waals surface area contributed by atoms with Gasteiger partial charge in [-0.05, 0) is 43.7 Å². The van der Waals surface area contributed by atoms with E-state index in [4.69, 9.17) is 5.11 Å². The molecule has 1 spiro atoms. The lowest BCUT2D eigenvalue weighted by Gasteiger charge is -2.24. The van der Waals surface area contributed by atoms with Crippen LogP contribution in [0.1, 0.15) is 33.1 Å². The van der Waals surface area contributed by atoms with Gasteiger partial charge in [-0.2, -0.15) is 0 Å². The fraction of sp³-hybridized carbons (Fsp3) is 0.846. The van der Waals surface area contributed by atoms with E-state index in [9.17, 15) is 9.59 Å². The van der Waals surface area contributed by atoms with Crippen molar-refractivity contribution in [2.45, 2.75) is 39.2 Å². The number of carbonyl (C=O) groups excluding carboxylic acids is 1. The van der Waals surface area contributed by atoms with E-state index in [1.54, 1.807) is 0 Å². The van der Waals surface area contributed by atoms with Gasteiger partial charge < -0.3 is 15.7 Å². The van der Waals surface area contributed by atoms with Crippen molar-refractivity contribution in [3.63, 3.8) is 0 Å². The minimum absolute atomic E-state index is 0.0280. The Hall–Kier alpha value is -1.10. The van der Waals surface area contributed by atoms with Gasteiger partial charge in [-0.15, -0.1) is 0 Å². The Morgan fingerprint density at radius 3 is 2.44 bits per heavy atom. The zero-order chi connectivity index (χ0) is 13.3. The topological polar surface area (TPSA) is 78.4 Å². The van der Waals surface area contributed by atoms with Crippen molar-refractivity contribution in [1.82, 2.24) is 10.6 Å². The second-order valence-corrected chi connectivity index (χ2v) is 5.94. The molecule has 5 heteroatoms. The molecule has 0 radical (unpaired) electrons. The summed E-state index contributed by atoms with van der Waals surface area (Å²) in [6.07, 6.45) is 2.99. The molecule has 102 valence electrons. The Morgan fingerprint density at radius 2 is 1.94 bits per heavy atom. The number of nitrogens with one attached hydrogen (secondary N) is 2. The van der Waals surface area contributed by atoms with Crippen LogP contribution in [0, 0.1) is 17.3 Å². The summed E-state index contributed by atoms with van der Waals surface area (Å²) in [5, 5.41) is 15.1. The van der Waals surface area contributed by atoms with Gasteiger partial charge in [0.2, 0.25) is 5.91 Å². The van der Waals surface area contributed by atoms with Gasteiger partial charge in [-0.1, -0.05) is 13.8 Å². The first-order valence-corrected chi connectivity index (χ1v) is 6.70. The van der Waals surface area contributed by atoms with E-state index in [1.807, 2.05) is 13.8 Å². The van der Waals surface area contributed by atoms with Gasteiger partial charge in [0, 0.05) is 5.92 Å². The summed E-state index contributed by atoms with van der Waals surface area (Å²) in [4.78, 5) is 23.2. The first kappa shape index (κ1) is 13.3. The number of aliphatic carboxylic acids is 1. The molecular formula is C13H22N2O3. The smallest absolute Gasteiger partial charge is 0.326 e. The third-order valence-electron chi connectivity index (χ3n) is 4.34. The zero-order valence-corrected chi connectivity index (χ0v) is 11.0. The van der Waals surface area contributed by atoms with E-state index in [0.717, 1.165) is 32.4 Å². The molecular weight excluding hydrogens is 232 g/mol. The van der Waals surface area contributed by atoms with Crippen LogP contribution in [0.2, 0.25) is 0 Å². The highest BCUT2D eigenvalue weighted by atomic mass is 16.4. The molecule has 0 aromatic carbocycles. The molecule has 0 aromatic heterocycles. The summed E-state index contributed by atoms with van der Waals surface area (Å²) >= 11 is 0. The highest BCUT2D eigenvalue weighted by Gasteiger charge is 2.57. The van der Waals surface area contributed by atoms with Crippen molar-refractivity contribution in [3.05, 3.63) is 0 Å². The molecule has 2 rings (SSSR count). The quantitative estimate of drug-likeness (QED) is 0.686. The molecule has 1 aliphatic carbocycles. The van der Waals surface area contributed by atoms with Gasteiger partial charge in [-0.3, -0.25) is 4.79 Å². The predicted octanol–water partition coefficient (Wildman–Crippen LogP) is 0.601. The van der Waals surface area contributed by atoms with Gasteiger partial charge in [0.15, 0.2) is 0 Å². The van der Waals surface area contributed by atoms with Gasteiger partial charge in [-0.25, -0.2) is 4.79 Å². The normalized spacial score (nSPS) is 26.9. The minimum Gasteiger partial charge on any atom is -0.480 e. The van der Waals surface area contributed by atoms with Gasteiger partial charge in [0.1, 0.15) is 6.04 Å². The molecule has 2 fully saturated rings. The average molecular weight is 254 g/mol. The van der Waals surface area contributed by atoms with E-state index in [1.165, 1.54) is 0 Å². The van der Waals surface area contributed by atoms with Crippen molar-refractivity contribution in [3.8, 4) is 0 Å². The summed E-state index contributed by atoms with van der Waals surface area (Å²) in [5.41, 5.74) is 0.162. The molecule has 1 heterocycles. The van der Waals surface area contributed by atoms with Crippen LogP contribution >= 0.6 is 0 Å². The largest absolute Gasteiger partial charge is 0.480 e. The molecule has 0 aromatic rings. The maximum atomic E-state index is 12.1. The zero-order valence-electron chi connectivity index (χ0n) is 11.0. The summed E-state index contributed by atoms with van der Waals surface area (Å²) in [7, 11) is 0. The number of piperidine rings is 1. The second kappa shape index (κ2) is 4.88. The van der Waals surface area contributed by atoms with Crippen molar-refractivity contribution in [2.75, 3.05) is 13.1 Å². The molecule has 1 amide bonds. The van der Waals surface area contributed by atoms with Crippen molar-refractivity contribution in [1.29, 1.82) is 0 Å². The number of carboxylic acids is 1. The third kappa shape index (κ3) is 2.51. The van der Waals surface area contributed by atoms with E-state index in [2.05, 4.69) is 10.6 Å². The Bertz CT molecular complexity index is 348. The standard InChI is InChI=1S/C13H22N2O3/c1-8(2)10(12(17)18)15-11(16)9-7-13(9)3-5-14-6-4-13/h8-10,14H,3-7H2,1-2H3,(H,15,16)(H,17,18)/t9?,10-/m1/s1. The second-order valence-electron chi connectivity index (χ2n) is 5.94. The maximum absolute atomic E-state index is 12.1. The van der Waals surface area contributed by atoms with Crippen LogP contribution in [0.4, 0.5) is 0 Å². The summed E-state index contributed by atoms with van der Waals surface area (Å²) < 4.78 is 0. The lowest BCUT2D eigenvalue weighted by molar-refractivity contribution is -0.143. The predicted molar refractivity (Wildman–Crippen MR) is 67.0 cm³/mol. The lowest BCUT2D eigenvalue weighted by atomic mass is 9.91. The molecule has 2 aliphatic rings. The molecule has 1 saturated carbocycles. The fourth-order valence-corrected chi connectivity index (χ4v) is 2.96. The van der Waals surface area contributed by atoms with Gasteiger partial charge in [0.05, 0.1) is 0 Å². The molecule has 0 bridgehead atoms. The van der Waals surface area contributed by atoms with E-state index in [-0.39, 0.29) is 23.2 Å². The third-order valence-corrected chi connectivity index (χ3v) is 4.34. The van der Waals surface area contributed by atoms with Crippen LogP contribution in [0.15, 0.2) is 0 Å². The highest BCUT2D eigenvalue weighted by molar-refractivity contribution is 5.87. The van der Waals surface area contributed by atoms with Crippen LogP contribution in [-0.2, 0) is 9.59 Å². The van der Waals surface area contributed by atoms with Gasteiger partial charge >= 0.3 is 5.97 Å². The Morgan fingerprint density at radius 1 is 1.33 bits per heavy atom. The Labute approximate surface area is 107 Å². The molecule has 1 unspecified atom stereocenters. The van der Waals surface area contributed by atoms with E-state index >= 15 is 0 Å². The summed E-state index contributed by atoms with van der Waals surface area (Å²) in [6, 6.07) is -0.767. The fourth-order valence-electron chi connectivity index (χ4n) is 2.96. The number of carboxylic acid groups (broad SMARTS) is 1. The SMILES string of the molecule is CC(C)[C@@H](NC(=O)C1CC12CCNCC2)C(=O)O. The summed E-state index contributed by atoms with van der Waals surface area (Å²) in [5.74, 6) is -1.08. The molecule has 1 aliphatic heterocycles. The monoisotopic (exact) mass is 254 g/mol. The van der Waals surface area contributed by atoms with Crippen LogP contribution in [0.3, 0.4) is 0 Å². The van der Waals surface area contributed by atoms with Gasteiger partial charge in [0.25, 0.3) is 0 Å². The van der Waals surface area contributed by atoms with Crippen LogP contribution < -0.4 is 10.6 Å². The highest BCUT2D eigenvalue weighted by Crippen LogP contribution is 2.58. The first-order valence-electron chi connectivity index (χ1n) is 6.70. The molecule has 2 atom stereocenters. The van der Waals surface area contributed by atoms with Crippen LogP contribution in [0.5, 0.6) is 0 Å². The molecule has 3 N–H and O–H groups in total. The van der Waals surface area contributed by atoms with E-state index in [0.29, 0.717) is 0 Å². The average Bonchev–Trinajstić information content (AvgIpc) is 2.99. The number of hydrogen-bond acceptors (Lipinski definition) is 3. The van der Waals surface area contributed by atoms with Crippen molar-refractivity contribution >= 4 is 11.9 Å². The first-order chi connectivity index (χ1) is 8.46. The number of rotatable bonds is 4. The van der Waals surface area contributed by atoms with Crippen LogP contribution in [0.25, 0.3) is 0 Å². The molecule has 1 saturated heterocycles. The van der Waals surface area contributed by atoms with Crippen molar-refractivity contribution < 1.29 is 14.7 Å². The number of amides is 1. The van der Waals surface area contributed by atoms with E-state index < -0.39 is 12.0 Å². The van der Waals surface area contributed by atoms with Crippen LogP contribution in [-0.4, -0.2) is 36.1 Å². The summed E-state index contributed by atoms with van der Waals surface area (Å²) in [6.45, 7) is 5.56. The Balaban J connectivity index is 1.91. The Kier molecular flexibility index (Phi) is 3.61. The lowest BCUT2D eigenvalue weighted by Crippen LogP contribution is -2.46. The number of hydrogen-bond donors (Lipinski definition) is 3. The van der Waals surface area contributed by atoms with Crippen molar-refractivity contribution in [2.24, 2.45) is 17.3 Å².